The molecule has 0 spiro atoms. The van der Waals surface area contributed by atoms with E-state index in [0.717, 1.165) is 25.9 Å². The first kappa shape index (κ1) is 15.6. The Morgan fingerprint density at radius 1 is 1.32 bits per heavy atom. The van der Waals surface area contributed by atoms with Gasteiger partial charge in [-0.2, -0.15) is 0 Å². The number of phenols is 1. The topological polar surface area (TPSA) is 23.5 Å². The molecule has 1 aliphatic carbocycles. The van der Waals surface area contributed by atoms with Crippen LogP contribution in [0.3, 0.4) is 0 Å². The number of nitrogens with zero attached hydrogens (tertiary/aromatic N) is 1. The van der Waals surface area contributed by atoms with E-state index in [1.54, 1.807) is 0 Å². The fourth-order valence-electron chi connectivity index (χ4n) is 4.52. The largest absolute Gasteiger partial charge is 0.508 e. The van der Waals surface area contributed by atoms with E-state index >= 15 is 0 Å². The Labute approximate surface area is 134 Å². The smallest absolute Gasteiger partial charge is 0.115 e. The Morgan fingerprint density at radius 3 is 2.73 bits per heavy atom. The highest BCUT2D eigenvalue weighted by atomic mass is 16.3. The maximum Gasteiger partial charge on any atom is 0.115 e. The van der Waals surface area contributed by atoms with Gasteiger partial charge in [0.15, 0.2) is 0 Å². The van der Waals surface area contributed by atoms with Crippen LogP contribution in [0.5, 0.6) is 5.75 Å². The Kier molecular flexibility index (Phi) is 3.64. The average Bonchev–Trinajstić information content (AvgIpc) is 2.43. The van der Waals surface area contributed by atoms with Gasteiger partial charge in [0.05, 0.1) is 0 Å². The number of benzene rings is 1. The van der Waals surface area contributed by atoms with Crippen molar-refractivity contribution in [2.75, 3.05) is 13.1 Å². The van der Waals surface area contributed by atoms with Crippen molar-refractivity contribution in [1.82, 2.24) is 4.90 Å². The van der Waals surface area contributed by atoms with Crippen LogP contribution in [0, 0.1) is 5.41 Å². The van der Waals surface area contributed by atoms with Gasteiger partial charge < -0.3 is 5.11 Å². The Hall–Kier alpha value is -1.28. The highest BCUT2D eigenvalue weighted by Crippen LogP contribution is 2.56. The van der Waals surface area contributed by atoms with Crippen LogP contribution in [-0.4, -0.2) is 29.1 Å². The maximum absolute atomic E-state index is 9.95. The number of likely N-dealkylation sites (tertiary alicyclic amines) is 1. The fourth-order valence-corrected chi connectivity index (χ4v) is 4.52. The summed E-state index contributed by atoms with van der Waals surface area (Å²) in [7, 11) is 0. The van der Waals surface area contributed by atoms with Crippen molar-refractivity contribution in [2.45, 2.75) is 58.9 Å². The van der Waals surface area contributed by atoms with E-state index in [9.17, 15) is 5.11 Å². The number of rotatable bonds is 2. The molecule has 0 saturated carbocycles. The predicted octanol–water partition coefficient (Wildman–Crippen LogP) is 4.27. The van der Waals surface area contributed by atoms with Crippen LogP contribution in [0.1, 0.15) is 52.2 Å². The van der Waals surface area contributed by atoms with Gasteiger partial charge in [-0.3, -0.25) is 4.90 Å². The molecule has 2 bridgehead atoms. The summed E-state index contributed by atoms with van der Waals surface area (Å²) < 4.78 is 0. The van der Waals surface area contributed by atoms with E-state index in [4.69, 9.17) is 0 Å². The van der Waals surface area contributed by atoms with Gasteiger partial charge in [-0.25, -0.2) is 0 Å². The summed E-state index contributed by atoms with van der Waals surface area (Å²) in [5, 5.41) is 9.95. The number of fused-ring (bicyclic) bond motifs is 4. The number of hydrogen-bond donors (Lipinski definition) is 1. The summed E-state index contributed by atoms with van der Waals surface area (Å²) >= 11 is 0. The zero-order chi connectivity index (χ0) is 16.1. The number of phenolic OH excluding ortho intramolecular Hbond substituents is 1. The molecule has 1 N–H and O–H groups in total. The molecule has 1 aliphatic heterocycles. The summed E-state index contributed by atoms with van der Waals surface area (Å²) in [5.74, 6) is 0.404. The molecule has 2 nitrogen and oxygen atoms in total. The third-order valence-corrected chi connectivity index (χ3v) is 6.43. The van der Waals surface area contributed by atoms with E-state index in [0.29, 0.717) is 11.8 Å². The molecule has 0 aromatic heterocycles. The minimum absolute atomic E-state index is 0.144. The van der Waals surface area contributed by atoms with Crippen LogP contribution in [0.25, 0.3) is 0 Å². The normalized spacial score (nSPS) is 29.8. The van der Waals surface area contributed by atoms with Crippen molar-refractivity contribution in [2.24, 2.45) is 5.41 Å². The second kappa shape index (κ2) is 5.13. The summed E-state index contributed by atoms with van der Waals surface area (Å²) in [6.45, 7) is 13.8. The van der Waals surface area contributed by atoms with Gasteiger partial charge >= 0.3 is 0 Å². The van der Waals surface area contributed by atoms with Gasteiger partial charge in [-0.05, 0) is 61.9 Å². The SMILES string of the molecule is CC(C)=CCN1CC[C@@]2(C)c3cc(O)ccc3C[C@@H]1C2(C)C. The minimum atomic E-state index is 0.144. The molecular formula is C20H29NO. The molecule has 1 aromatic carbocycles. The van der Waals surface area contributed by atoms with E-state index in [2.05, 4.69) is 51.7 Å². The monoisotopic (exact) mass is 299 g/mol. The van der Waals surface area contributed by atoms with Crippen molar-refractivity contribution in [3.8, 4) is 5.75 Å². The molecule has 0 unspecified atom stereocenters. The molecule has 1 aromatic rings. The van der Waals surface area contributed by atoms with E-state index in [1.165, 1.54) is 16.7 Å². The predicted molar refractivity (Wildman–Crippen MR) is 92.4 cm³/mol. The molecule has 1 saturated heterocycles. The fraction of sp³-hybridized carbons (Fsp3) is 0.600. The van der Waals surface area contributed by atoms with Crippen molar-refractivity contribution in [3.63, 3.8) is 0 Å². The standard InChI is InChI=1S/C20H29NO/c1-14(2)8-10-21-11-9-20(5)17-13-16(22)7-6-15(17)12-18(21)19(20,3)4/h6-8,13,18,22H,9-12H2,1-5H3/t18-,20+/m1/s1. The van der Waals surface area contributed by atoms with Crippen molar-refractivity contribution < 1.29 is 5.11 Å². The third-order valence-electron chi connectivity index (χ3n) is 6.43. The van der Waals surface area contributed by atoms with Gasteiger partial charge in [0.25, 0.3) is 0 Å². The van der Waals surface area contributed by atoms with Crippen molar-refractivity contribution in [3.05, 3.63) is 41.0 Å². The molecule has 2 heteroatoms. The second-order valence-electron chi connectivity index (χ2n) is 8.14. The first-order valence-electron chi connectivity index (χ1n) is 8.45. The minimum Gasteiger partial charge on any atom is -0.508 e. The maximum atomic E-state index is 9.95. The summed E-state index contributed by atoms with van der Waals surface area (Å²) in [4.78, 5) is 2.66. The van der Waals surface area contributed by atoms with E-state index in [-0.39, 0.29) is 10.8 Å². The molecule has 22 heavy (non-hydrogen) atoms. The highest BCUT2D eigenvalue weighted by molar-refractivity contribution is 5.45. The highest BCUT2D eigenvalue weighted by Gasteiger charge is 2.55. The van der Waals surface area contributed by atoms with Crippen LogP contribution in [-0.2, 0) is 11.8 Å². The third kappa shape index (κ3) is 2.20. The number of allylic oxidation sites excluding steroid dienone is 1. The summed E-state index contributed by atoms with van der Waals surface area (Å²) in [6, 6.07) is 6.56. The number of hydrogen-bond acceptors (Lipinski definition) is 2. The van der Waals surface area contributed by atoms with E-state index < -0.39 is 0 Å². The number of piperidine rings is 1. The zero-order valence-electron chi connectivity index (χ0n) is 14.6. The lowest BCUT2D eigenvalue weighted by molar-refractivity contribution is -0.0322. The Balaban J connectivity index is 2.03. The molecule has 1 fully saturated rings. The van der Waals surface area contributed by atoms with Gasteiger partial charge in [-0.1, -0.05) is 38.5 Å². The van der Waals surface area contributed by atoms with Gasteiger partial charge in [0, 0.05) is 18.0 Å². The second-order valence-corrected chi connectivity index (χ2v) is 8.14. The Bertz CT molecular complexity index is 612. The molecule has 0 amide bonds. The molecular weight excluding hydrogens is 270 g/mol. The van der Waals surface area contributed by atoms with Crippen LogP contribution < -0.4 is 0 Å². The number of aromatic hydroxyl groups is 1. The van der Waals surface area contributed by atoms with Crippen molar-refractivity contribution in [1.29, 1.82) is 0 Å². The molecule has 2 atom stereocenters. The summed E-state index contributed by atoms with van der Waals surface area (Å²) in [6.07, 6.45) is 4.60. The van der Waals surface area contributed by atoms with Crippen LogP contribution >= 0.6 is 0 Å². The van der Waals surface area contributed by atoms with Crippen LogP contribution in [0.4, 0.5) is 0 Å². The van der Waals surface area contributed by atoms with Gasteiger partial charge in [0.2, 0.25) is 0 Å². The average molecular weight is 299 g/mol. The molecule has 3 rings (SSSR count). The molecule has 2 aliphatic rings. The van der Waals surface area contributed by atoms with Gasteiger partial charge in [0.1, 0.15) is 5.75 Å². The lowest BCUT2D eigenvalue weighted by atomic mass is 9.51. The summed E-state index contributed by atoms with van der Waals surface area (Å²) in [5.41, 5.74) is 4.54. The first-order valence-corrected chi connectivity index (χ1v) is 8.45. The molecule has 120 valence electrons. The molecule has 0 radical (unpaired) electrons. The first-order chi connectivity index (χ1) is 10.3. The van der Waals surface area contributed by atoms with Crippen LogP contribution in [0.2, 0.25) is 0 Å². The Morgan fingerprint density at radius 2 is 2.05 bits per heavy atom. The van der Waals surface area contributed by atoms with E-state index in [1.807, 2.05) is 12.1 Å². The molecule has 1 heterocycles. The lowest BCUT2D eigenvalue weighted by Gasteiger charge is -2.61. The van der Waals surface area contributed by atoms with Gasteiger partial charge in [-0.15, -0.1) is 0 Å². The van der Waals surface area contributed by atoms with Crippen molar-refractivity contribution >= 4 is 0 Å². The quantitative estimate of drug-likeness (QED) is 0.824. The zero-order valence-corrected chi connectivity index (χ0v) is 14.6. The van der Waals surface area contributed by atoms with Crippen LogP contribution in [0.15, 0.2) is 29.8 Å². The lowest BCUT2D eigenvalue weighted by Crippen LogP contribution is -2.63.